The van der Waals surface area contributed by atoms with Crippen molar-refractivity contribution in [2.45, 2.75) is 46.0 Å². The number of amides is 1. The second-order valence-electron chi connectivity index (χ2n) is 6.69. The molecule has 2 aliphatic carbocycles. The lowest BCUT2D eigenvalue weighted by atomic mass is 9.88. The molecule has 4 unspecified atom stereocenters. The van der Waals surface area contributed by atoms with Gasteiger partial charge in [0, 0.05) is 12.5 Å². The first kappa shape index (κ1) is 14.4. The second-order valence-corrected chi connectivity index (χ2v) is 6.69. The number of carboxylic acids is 1. The van der Waals surface area contributed by atoms with Gasteiger partial charge in [0.1, 0.15) is 0 Å². The highest BCUT2D eigenvalue weighted by Crippen LogP contribution is 2.48. The Kier molecular flexibility index (Phi) is 4.48. The minimum atomic E-state index is -0.804. The van der Waals surface area contributed by atoms with E-state index in [-0.39, 0.29) is 18.4 Å². The van der Waals surface area contributed by atoms with Gasteiger partial charge in [-0.25, -0.2) is 0 Å². The maximum Gasteiger partial charge on any atom is 0.308 e. The molecule has 2 rings (SSSR count). The predicted molar refractivity (Wildman–Crippen MR) is 72.5 cm³/mol. The third kappa shape index (κ3) is 3.48. The SMILES string of the molecule is CC(C)CC(CNC(=O)C1CC2CCC1C2)C(=O)O. The fraction of sp³-hybridized carbons (Fsp3) is 0.867. The molecule has 2 aliphatic rings. The van der Waals surface area contributed by atoms with Crippen molar-refractivity contribution in [3.63, 3.8) is 0 Å². The van der Waals surface area contributed by atoms with E-state index in [0.29, 0.717) is 18.3 Å². The minimum Gasteiger partial charge on any atom is -0.481 e. The summed E-state index contributed by atoms with van der Waals surface area (Å²) >= 11 is 0. The average Bonchev–Trinajstić information content (AvgIpc) is 2.95. The van der Waals surface area contributed by atoms with Crippen molar-refractivity contribution in [3.05, 3.63) is 0 Å². The summed E-state index contributed by atoms with van der Waals surface area (Å²) in [5.74, 6) is 0.601. The molecule has 4 heteroatoms. The van der Waals surface area contributed by atoms with E-state index in [1.165, 1.54) is 19.3 Å². The lowest BCUT2D eigenvalue weighted by Gasteiger charge is -2.22. The first-order chi connectivity index (χ1) is 8.97. The summed E-state index contributed by atoms with van der Waals surface area (Å²) in [7, 11) is 0. The van der Waals surface area contributed by atoms with Crippen LogP contribution in [0.1, 0.15) is 46.0 Å². The zero-order chi connectivity index (χ0) is 14.0. The van der Waals surface area contributed by atoms with Crippen LogP contribution >= 0.6 is 0 Å². The minimum absolute atomic E-state index is 0.0854. The standard InChI is InChI=1S/C15H25NO3/c1-9(2)5-12(15(18)19)8-16-14(17)13-7-10-3-4-11(13)6-10/h9-13H,3-8H2,1-2H3,(H,16,17)(H,18,19). The van der Waals surface area contributed by atoms with Crippen LogP contribution in [-0.4, -0.2) is 23.5 Å². The van der Waals surface area contributed by atoms with Gasteiger partial charge < -0.3 is 10.4 Å². The molecule has 2 fully saturated rings. The van der Waals surface area contributed by atoms with Crippen LogP contribution < -0.4 is 5.32 Å². The van der Waals surface area contributed by atoms with Gasteiger partial charge in [-0.2, -0.15) is 0 Å². The number of carbonyl (C=O) groups excluding carboxylic acids is 1. The Morgan fingerprint density at radius 1 is 1.26 bits per heavy atom. The predicted octanol–water partition coefficient (Wildman–Crippen LogP) is 2.29. The van der Waals surface area contributed by atoms with Crippen molar-refractivity contribution in [2.75, 3.05) is 6.54 Å². The van der Waals surface area contributed by atoms with Crippen LogP contribution in [-0.2, 0) is 9.59 Å². The van der Waals surface area contributed by atoms with Crippen molar-refractivity contribution in [1.29, 1.82) is 0 Å². The average molecular weight is 267 g/mol. The van der Waals surface area contributed by atoms with Crippen molar-refractivity contribution in [2.24, 2.45) is 29.6 Å². The molecule has 0 aromatic heterocycles. The third-order valence-electron chi connectivity index (χ3n) is 4.70. The summed E-state index contributed by atoms with van der Waals surface area (Å²) in [5, 5.41) is 12.0. The van der Waals surface area contributed by atoms with Crippen LogP contribution in [0.4, 0.5) is 0 Å². The zero-order valence-corrected chi connectivity index (χ0v) is 11.9. The Morgan fingerprint density at radius 2 is 2.00 bits per heavy atom. The fourth-order valence-corrected chi connectivity index (χ4v) is 3.76. The highest BCUT2D eigenvalue weighted by atomic mass is 16.4. The number of carbonyl (C=O) groups is 2. The van der Waals surface area contributed by atoms with Gasteiger partial charge in [-0.15, -0.1) is 0 Å². The number of fused-ring (bicyclic) bond motifs is 2. The first-order valence-electron chi connectivity index (χ1n) is 7.48. The van der Waals surface area contributed by atoms with Gasteiger partial charge in [-0.3, -0.25) is 9.59 Å². The van der Waals surface area contributed by atoms with E-state index < -0.39 is 11.9 Å². The molecule has 0 aromatic rings. The van der Waals surface area contributed by atoms with E-state index in [9.17, 15) is 9.59 Å². The first-order valence-corrected chi connectivity index (χ1v) is 7.48. The molecule has 19 heavy (non-hydrogen) atoms. The summed E-state index contributed by atoms with van der Waals surface area (Å²) < 4.78 is 0. The van der Waals surface area contributed by atoms with E-state index >= 15 is 0 Å². The molecule has 0 aliphatic heterocycles. The highest BCUT2D eigenvalue weighted by Gasteiger charge is 2.43. The molecule has 4 nitrogen and oxygen atoms in total. The van der Waals surface area contributed by atoms with E-state index in [1.54, 1.807) is 0 Å². The largest absolute Gasteiger partial charge is 0.481 e. The summed E-state index contributed by atoms with van der Waals surface area (Å²) in [6.07, 6.45) is 5.29. The van der Waals surface area contributed by atoms with Crippen molar-refractivity contribution in [3.8, 4) is 0 Å². The highest BCUT2D eigenvalue weighted by molar-refractivity contribution is 5.80. The van der Waals surface area contributed by atoms with E-state index in [0.717, 1.165) is 12.3 Å². The molecular weight excluding hydrogens is 242 g/mol. The number of hydrogen-bond acceptors (Lipinski definition) is 2. The van der Waals surface area contributed by atoms with E-state index in [2.05, 4.69) is 5.32 Å². The van der Waals surface area contributed by atoms with Crippen molar-refractivity contribution < 1.29 is 14.7 Å². The number of nitrogens with one attached hydrogen (secondary N) is 1. The lowest BCUT2D eigenvalue weighted by molar-refractivity contribution is -0.142. The van der Waals surface area contributed by atoms with Gasteiger partial charge in [-0.1, -0.05) is 20.3 Å². The molecule has 0 aromatic carbocycles. The molecule has 4 atom stereocenters. The Labute approximate surface area is 115 Å². The lowest BCUT2D eigenvalue weighted by Crippen LogP contribution is -2.38. The molecule has 2 bridgehead atoms. The maximum absolute atomic E-state index is 12.1. The van der Waals surface area contributed by atoms with E-state index in [4.69, 9.17) is 5.11 Å². The number of carboxylic acid groups (broad SMARTS) is 1. The van der Waals surface area contributed by atoms with Crippen LogP contribution in [0.25, 0.3) is 0 Å². The molecular formula is C15H25NO3. The van der Waals surface area contributed by atoms with Gasteiger partial charge in [-0.05, 0) is 43.4 Å². The molecule has 0 saturated heterocycles. The van der Waals surface area contributed by atoms with Gasteiger partial charge in [0.15, 0.2) is 0 Å². The molecule has 0 spiro atoms. The molecule has 0 heterocycles. The molecule has 0 radical (unpaired) electrons. The number of aliphatic carboxylic acids is 1. The number of hydrogen-bond donors (Lipinski definition) is 2. The number of rotatable bonds is 6. The van der Waals surface area contributed by atoms with Crippen LogP contribution in [0.15, 0.2) is 0 Å². The molecule has 108 valence electrons. The molecule has 1 amide bonds. The van der Waals surface area contributed by atoms with E-state index in [1.807, 2.05) is 13.8 Å². The van der Waals surface area contributed by atoms with Gasteiger partial charge in [0.05, 0.1) is 5.92 Å². The van der Waals surface area contributed by atoms with Gasteiger partial charge in [0.2, 0.25) is 5.91 Å². The summed E-state index contributed by atoms with van der Waals surface area (Å²) in [5.41, 5.74) is 0. The summed E-state index contributed by atoms with van der Waals surface area (Å²) in [4.78, 5) is 23.3. The van der Waals surface area contributed by atoms with Crippen molar-refractivity contribution >= 4 is 11.9 Å². The van der Waals surface area contributed by atoms with Crippen LogP contribution in [0, 0.1) is 29.6 Å². The molecule has 2 saturated carbocycles. The monoisotopic (exact) mass is 267 g/mol. The summed E-state index contributed by atoms with van der Waals surface area (Å²) in [6.45, 7) is 4.29. The topological polar surface area (TPSA) is 66.4 Å². The maximum atomic E-state index is 12.1. The van der Waals surface area contributed by atoms with Gasteiger partial charge >= 0.3 is 5.97 Å². The quantitative estimate of drug-likeness (QED) is 0.776. The van der Waals surface area contributed by atoms with Crippen LogP contribution in [0.5, 0.6) is 0 Å². The normalized spacial score (nSPS) is 30.6. The van der Waals surface area contributed by atoms with Crippen LogP contribution in [0.3, 0.4) is 0 Å². The molecule has 2 N–H and O–H groups in total. The Bertz CT molecular complexity index is 353. The summed E-state index contributed by atoms with van der Waals surface area (Å²) in [6, 6.07) is 0. The van der Waals surface area contributed by atoms with Crippen LogP contribution in [0.2, 0.25) is 0 Å². The second kappa shape index (κ2) is 5.93. The van der Waals surface area contributed by atoms with Gasteiger partial charge in [0.25, 0.3) is 0 Å². The smallest absolute Gasteiger partial charge is 0.308 e. The zero-order valence-electron chi connectivity index (χ0n) is 11.9. The fourth-order valence-electron chi connectivity index (χ4n) is 3.76. The Morgan fingerprint density at radius 3 is 2.47 bits per heavy atom. The Balaban J connectivity index is 1.80. The third-order valence-corrected chi connectivity index (χ3v) is 4.70. The Hall–Kier alpha value is -1.06. The van der Waals surface area contributed by atoms with Crippen molar-refractivity contribution in [1.82, 2.24) is 5.32 Å².